The first-order valence-electron chi connectivity index (χ1n) is 7.44. The summed E-state index contributed by atoms with van der Waals surface area (Å²) in [6.07, 6.45) is 3.79. The van der Waals surface area contributed by atoms with Crippen LogP contribution in [-0.4, -0.2) is 11.7 Å². The first-order valence-corrected chi connectivity index (χ1v) is 7.44. The molecule has 22 heavy (non-hydrogen) atoms. The summed E-state index contributed by atoms with van der Waals surface area (Å²) in [5.74, 6) is 0. The lowest BCUT2D eigenvalue weighted by molar-refractivity contribution is 0.979. The Kier molecular flexibility index (Phi) is 3.04. The number of rotatable bonds is 2. The average molecular weight is 287 g/mol. The Bertz CT molecular complexity index is 799. The van der Waals surface area contributed by atoms with E-state index in [1.807, 2.05) is 12.4 Å². The third kappa shape index (κ3) is 2.02. The van der Waals surface area contributed by atoms with E-state index in [4.69, 9.17) is 0 Å². The van der Waals surface area contributed by atoms with Crippen molar-refractivity contribution >= 4 is 22.7 Å². The van der Waals surface area contributed by atoms with Gasteiger partial charge in [-0.3, -0.25) is 4.98 Å². The second-order valence-corrected chi connectivity index (χ2v) is 5.48. The molecule has 1 aliphatic rings. The molecule has 2 aromatic carbocycles. The molecule has 3 aromatic rings. The minimum atomic E-state index is 0.801. The van der Waals surface area contributed by atoms with Crippen LogP contribution in [0.15, 0.2) is 73.1 Å². The fraction of sp³-hybridized carbons (Fsp3) is 0.105. The fourth-order valence-electron chi connectivity index (χ4n) is 2.99. The van der Waals surface area contributed by atoms with Crippen LogP contribution in [0.2, 0.25) is 0 Å². The topological polar surface area (TPSA) is 19.4 Å². The summed E-state index contributed by atoms with van der Waals surface area (Å²) in [7, 11) is 0. The van der Waals surface area contributed by atoms with Crippen molar-refractivity contribution in [3.05, 3.63) is 78.6 Å². The van der Waals surface area contributed by atoms with Gasteiger partial charge in [0.25, 0.3) is 0 Å². The zero-order chi connectivity index (χ0) is 14.9. The molecule has 0 saturated heterocycles. The molecule has 0 N–H and O–H groups in total. The van der Waals surface area contributed by atoms with Gasteiger partial charge in [0.15, 0.2) is 0 Å². The highest BCUT2D eigenvalue weighted by Crippen LogP contribution is 2.44. The van der Waals surface area contributed by atoms with Crippen molar-refractivity contribution in [3.8, 4) is 0 Å². The molecule has 108 valence electrons. The smallest absolute Gasteiger partial charge is 0.100 e. The normalized spacial score (nSPS) is 13.3. The van der Waals surface area contributed by atoms with E-state index >= 15 is 0 Å². The van der Waals surface area contributed by atoms with Gasteiger partial charge in [-0.2, -0.15) is 0 Å². The lowest BCUT2D eigenvalue weighted by atomic mass is 10.2. The van der Waals surface area contributed by atoms with E-state index in [1.165, 1.54) is 22.6 Å². The minimum absolute atomic E-state index is 0.801. The molecule has 0 fully saturated rings. The van der Waals surface area contributed by atoms with Crippen LogP contribution in [0.3, 0.4) is 0 Å². The van der Waals surface area contributed by atoms with Crippen molar-refractivity contribution in [3.63, 3.8) is 0 Å². The van der Waals surface area contributed by atoms with E-state index in [2.05, 4.69) is 82.4 Å². The number of hydrogen-bond donors (Lipinski definition) is 0. The van der Waals surface area contributed by atoms with Crippen LogP contribution in [0.5, 0.6) is 0 Å². The highest BCUT2D eigenvalue weighted by molar-refractivity contribution is 5.87. The van der Waals surface area contributed by atoms with Crippen LogP contribution in [0.4, 0.5) is 22.7 Å². The Morgan fingerprint density at radius 3 is 2.18 bits per heavy atom. The highest BCUT2D eigenvalue weighted by atomic mass is 15.4. The van der Waals surface area contributed by atoms with Crippen LogP contribution in [-0.2, 0) is 0 Å². The van der Waals surface area contributed by atoms with E-state index in [0.717, 1.165) is 12.4 Å². The number of para-hydroxylation sites is 3. The van der Waals surface area contributed by atoms with Gasteiger partial charge in [0.05, 0.1) is 23.3 Å². The van der Waals surface area contributed by atoms with Crippen LogP contribution < -0.4 is 9.80 Å². The Balaban J connectivity index is 1.83. The summed E-state index contributed by atoms with van der Waals surface area (Å²) in [6, 6.07) is 21.1. The maximum absolute atomic E-state index is 4.30. The number of aryl methyl sites for hydroxylation is 1. The third-order valence-electron chi connectivity index (χ3n) is 4.12. The summed E-state index contributed by atoms with van der Waals surface area (Å²) in [4.78, 5) is 8.96. The van der Waals surface area contributed by atoms with E-state index in [0.29, 0.717) is 0 Å². The van der Waals surface area contributed by atoms with Crippen molar-refractivity contribution in [1.82, 2.24) is 4.98 Å². The molecule has 1 aromatic heterocycles. The molecule has 3 nitrogen and oxygen atoms in total. The number of fused-ring (bicyclic) bond motifs is 1. The first-order chi connectivity index (χ1) is 10.8. The second kappa shape index (κ2) is 5.19. The molecule has 0 amide bonds. The number of nitrogens with zero attached hydrogens (tertiary/aromatic N) is 3. The van der Waals surface area contributed by atoms with Gasteiger partial charge in [-0.1, -0.05) is 30.3 Å². The zero-order valence-electron chi connectivity index (χ0n) is 12.5. The molecule has 0 unspecified atom stereocenters. The summed E-state index contributed by atoms with van der Waals surface area (Å²) < 4.78 is 0. The number of hydrogen-bond acceptors (Lipinski definition) is 3. The monoisotopic (exact) mass is 287 g/mol. The van der Waals surface area contributed by atoms with Gasteiger partial charge < -0.3 is 9.80 Å². The van der Waals surface area contributed by atoms with Crippen LogP contribution >= 0.6 is 0 Å². The third-order valence-corrected chi connectivity index (χ3v) is 4.12. The molecule has 0 radical (unpaired) electrons. The van der Waals surface area contributed by atoms with Gasteiger partial charge in [-0.15, -0.1) is 0 Å². The van der Waals surface area contributed by atoms with Crippen molar-refractivity contribution < 1.29 is 0 Å². The number of pyridine rings is 1. The Morgan fingerprint density at radius 2 is 1.45 bits per heavy atom. The van der Waals surface area contributed by atoms with Crippen molar-refractivity contribution in [1.29, 1.82) is 0 Å². The maximum atomic E-state index is 4.30. The second-order valence-electron chi connectivity index (χ2n) is 5.48. The average Bonchev–Trinajstić information content (AvgIpc) is 2.96. The summed E-state index contributed by atoms with van der Waals surface area (Å²) in [5.41, 5.74) is 6.06. The van der Waals surface area contributed by atoms with Crippen molar-refractivity contribution in [2.45, 2.75) is 6.92 Å². The standard InChI is InChI=1S/C19H17N3/c1-15-11-12-20-13-19(15)22-14-21(16-7-3-2-4-8-16)17-9-5-6-10-18(17)22/h2-13H,14H2,1H3. The lowest BCUT2D eigenvalue weighted by Crippen LogP contribution is -2.24. The highest BCUT2D eigenvalue weighted by Gasteiger charge is 2.28. The molecule has 0 saturated carbocycles. The molecule has 2 heterocycles. The van der Waals surface area contributed by atoms with Gasteiger partial charge in [0.2, 0.25) is 0 Å². The van der Waals surface area contributed by atoms with Gasteiger partial charge in [-0.25, -0.2) is 0 Å². The van der Waals surface area contributed by atoms with E-state index in [9.17, 15) is 0 Å². The summed E-state index contributed by atoms with van der Waals surface area (Å²) in [5, 5.41) is 0. The predicted molar refractivity (Wildman–Crippen MR) is 91.0 cm³/mol. The Hall–Kier alpha value is -2.81. The lowest BCUT2D eigenvalue weighted by Gasteiger charge is -2.23. The summed E-state index contributed by atoms with van der Waals surface area (Å²) >= 11 is 0. The SMILES string of the molecule is Cc1ccncc1N1CN(c2ccccc2)c2ccccc21. The molecule has 0 spiro atoms. The molecular formula is C19H17N3. The molecule has 0 atom stereocenters. The molecule has 0 aliphatic carbocycles. The molecular weight excluding hydrogens is 270 g/mol. The quantitative estimate of drug-likeness (QED) is 0.684. The largest absolute Gasteiger partial charge is 0.321 e. The summed E-state index contributed by atoms with van der Waals surface area (Å²) in [6.45, 7) is 2.93. The molecule has 1 aliphatic heterocycles. The first kappa shape index (κ1) is 12.9. The van der Waals surface area contributed by atoms with Crippen LogP contribution in [0.1, 0.15) is 5.56 Å². The van der Waals surface area contributed by atoms with Crippen molar-refractivity contribution in [2.24, 2.45) is 0 Å². The molecule has 3 heteroatoms. The zero-order valence-corrected chi connectivity index (χ0v) is 12.5. The van der Waals surface area contributed by atoms with E-state index in [1.54, 1.807) is 0 Å². The number of benzene rings is 2. The van der Waals surface area contributed by atoms with Gasteiger partial charge in [0, 0.05) is 11.9 Å². The number of anilines is 4. The van der Waals surface area contributed by atoms with E-state index < -0.39 is 0 Å². The van der Waals surface area contributed by atoms with Gasteiger partial charge >= 0.3 is 0 Å². The maximum Gasteiger partial charge on any atom is 0.100 e. The minimum Gasteiger partial charge on any atom is -0.321 e. The van der Waals surface area contributed by atoms with Crippen molar-refractivity contribution in [2.75, 3.05) is 16.5 Å². The van der Waals surface area contributed by atoms with Gasteiger partial charge in [0.1, 0.15) is 6.67 Å². The number of aromatic nitrogens is 1. The Morgan fingerprint density at radius 1 is 0.773 bits per heavy atom. The fourth-order valence-corrected chi connectivity index (χ4v) is 2.99. The van der Waals surface area contributed by atoms with E-state index in [-0.39, 0.29) is 0 Å². The molecule has 0 bridgehead atoms. The van der Waals surface area contributed by atoms with Crippen LogP contribution in [0.25, 0.3) is 0 Å². The molecule has 4 rings (SSSR count). The Labute approximate surface area is 130 Å². The van der Waals surface area contributed by atoms with Crippen LogP contribution in [0, 0.1) is 6.92 Å². The van der Waals surface area contributed by atoms with Gasteiger partial charge in [-0.05, 0) is 42.8 Å². The predicted octanol–water partition coefficient (Wildman–Crippen LogP) is 4.64.